The fraction of sp³-hybridized carbons (Fsp3) is 0.409. The Kier molecular flexibility index (Phi) is 5.72. The van der Waals surface area contributed by atoms with E-state index in [0.717, 1.165) is 12.1 Å². The number of ether oxygens (including phenoxy) is 1. The summed E-state index contributed by atoms with van der Waals surface area (Å²) in [5.41, 5.74) is -1.50. The van der Waals surface area contributed by atoms with Crippen LogP contribution in [0.5, 0.6) is 5.75 Å². The van der Waals surface area contributed by atoms with Gasteiger partial charge in [-0.05, 0) is 38.0 Å². The standard InChI is InChI=1S/C22H23F2N3O5/c1-3-26-17-10-32-5-4-16(17)27-9-13(19(28)20(29)18(27)22(26)31)21(30)25-8-12-7-14(23)11(2)6-15(12)24/h6-7,9,16-17,29H,3-5,8,10H2,1-2H3,(H,25,30)/t16-,17+/m0/s1. The molecule has 2 N–H and O–H groups in total. The van der Waals surface area contributed by atoms with Gasteiger partial charge in [0.15, 0.2) is 11.4 Å². The van der Waals surface area contributed by atoms with Crippen LogP contribution >= 0.6 is 0 Å². The van der Waals surface area contributed by atoms with Crippen molar-refractivity contribution in [1.29, 1.82) is 0 Å². The molecule has 1 aromatic carbocycles. The third-order valence-electron chi connectivity index (χ3n) is 6.07. The van der Waals surface area contributed by atoms with E-state index >= 15 is 0 Å². The molecule has 2 aliphatic rings. The van der Waals surface area contributed by atoms with Gasteiger partial charge >= 0.3 is 0 Å². The van der Waals surface area contributed by atoms with Crippen LogP contribution in [0.2, 0.25) is 0 Å². The first-order valence-electron chi connectivity index (χ1n) is 10.3. The number of halogens is 2. The van der Waals surface area contributed by atoms with Gasteiger partial charge in [-0.25, -0.2) is 8.78 Å². The Morgan fingerprint density at radius 1 is 1.25 bits per heavy atom. The van der Waals surface area contributed by atoms with Crippen molar-refractivity contribution in [3.05, 3.63) is 62.6 Å². The van der Waals surface area contributed by atoms with E-state index in [4.69, 9.17) is 4.74 Å². The van der Waals surface area contributed by atoms with E-state index in [1.54, 1.807) is 11.8 Å². The number of aromatic hydroxyl groups is 1. The number of carbonyl (C=O) groups excluding carboxylic acids is 2. The lowest BCUT2D eigenvalue weighted by molar-refractivity contribution is -0.0176. The number of pyridine rings is 1. The van der Waals surface area contributed by atoms with Crippen LogP contribution in [0.15, 0.2) is 23.1 Å². The molecule has 10 heteroatoms. The molecule has 8 nitrogen and oxygen atoms in total. The van der Waals surface area contributed by atoms with E-state index in [1.807, 2.05) is 0 Å². The van der Waals surface area contributed by atoms with Crippen molar-refractivity contribution in [3.63, 3.8) is 0 Å². The largest absolute Gasteiger partial charge is 0.503 e. The monoisotopic (exact) mass is 447 g/mol. The molecule has 1 aromatic heterocycles. The molecular weight excluding hydrogens is 424 g/mol. The number of carbonyl (C=O) groups is 2. The van der Waals surface area contributed by atoms with Crippen molar-refractivity contribution < 1.29 is 28.2 Å². The van der Waals surface area contributed by atoms with E-state index in [0.29, 0.717) is 26.2 Å². The highest BCUT2D eigenvalue weighted by molar-refractivity contribution is 5.99. The minimum Gasteiger partial charge on any atom is -0.503 e. The van der Waals surface area contributed by atoms with Gasteiger partial charge in [0, 0.05) is 31.5 Å². The number of hydrogen-bond donors (Lipinski definition) is 2. The molecule has 1 fully saturated rings. The Hall–Kier alpha value is -3.27. The Labute approximate surface area is 182 Å². The first kappa shape index (κ1) is 21.9. The zero-order valence-electron chi connectivity index (χ0n) is 17.7. The maximum atomic E-state index is 14.1. The lowest BCUT2D eigenvalue weighted by atomic mass is 9.96. The fourth-order valence-corrected chi connectivity index (χ4v) is 4.35. The number of aromatic nitrogens is 1. The predicted molar refractivity (Wildman–Crippen MR) is 110 cm³/mol. The number of benzene rings is 1. The zero-order chi connectivity index (χ0) is 23.2. The number of hydrogen-bond acceptors (Lipinski definition) is 5. The third kappa shape index (κ3) is 3.54. The molecule has 0 spiro atoms. The van der Waals surface area contributed by atoms with Crippen LogP contribution in [0.1, 0.15) is 51.4 Å². The topological polar surface area (TPSA) is 101 Å². The van der Waals surface area contributed by atoms with Gasteiger partial charge in [-0.15, -0.1) is 0 Å². The highest BCUT2D eigenvalue weighted by Crippen LogP contribution is 2.35. The van der Waals surface area contributed by atoms with Crippen LogP contribution in [0.4, 0.5) is 8.78 Å². The second-order valence-corrected chi connectivity index (χ2v) is 7.94. The van der Waals surface area contributed by atoms with Crippen LogP contribution in [-0.2, 0) is 11.3 Å². The van der Waals surface area contributed by atoms with E-state index in [9.17, 15) is 28.3 Å². The van der Waals surface area contributed by atoms with Crippen molar-refractivity contribution in [2.75, 3.05) is 19.8 Å². The van der Waals surface area contributed by atoms with Crippen molar-refractivity contribution in [1.82, 2.24) is 14.8 Å². The van der Waals surface area contributed by atoms with Crippen molar-refractivity contribution in [2.24, 2.45) is 0 Å². The minimum atomic E-state index is -1.00. The van der Waals surface area contributed by atoms with Gasteiger partial charge in [0.05, 0.1) is 18.7 Å². The molecule has 2 amide bonds. The summed E-state index contributed by atoms with van der Waals surface area (Å²) in [6.07, 6.45) is 1.78. The molecule has 2 aliphatic heterocycles. The summed E-state index contributed by atoms with van der Waals surface area (Å²) in [7, 11) is 0. The molecule has 3 heterocycles. The Morgan fingerprint density at radius 2 is 2.00 bits per heavy atom. The number of fused-ring (bicyclic) bond motifs is 3. The van der Waals surface area contributed by atoms with E-state index in [2.05, 4.69) is 5.32 Å². The van der Waals surface area contributed by atoms with Crippen molar-refractivity contribution >= 4 is 11.8 Å². The average Bonchev–Trinajstić information content (AvgIpc) is 2.77. The number of aryl methyl sites for hydroxylation is 1. The van der Waals surface area contributed by atoms with Crippen molar-refractivity contribution in [3.8, 4) is 5.75 Å². The van der Waals surface area contributed by atoms with Crippen LogP contribution in [0.3, 0.4) is 0 Å². The van der Waals surface area contributed by atoms with Crippen molar-refractivity contribution in [2.45, 2.75) is 38.9 Å². The summed E-state index contributed by atoms with van der Waals surface area (Å²) >= 11 is 0. The van der Waals surface area contributed by atoms with E-state index in [-0.39, 0.29) is 41.0 Å². The Balaban J connectivity index is 1.69. The molecule has 0 radical (unpaired) electrons. The minimum absolute atomic E-state index is 0.0815. The van der Waals surface area contributed by atoms with Crippen LogP contribution in [0.25, 0.3) is 0 Å². The summed E-state index contributed by atoms with van der Waals surface area (Å²) in [4.78, 5) is 39.9. The summed E-state index contributed by atoms with van der Waals surface area (Å²) in [6.45, 7) is 3.96. The van der Waals surface area contributed by atoms with Gasteiger partial charge < -0.3 is 24.6 Å². The Bertz CT molecular complexity index is 1160. The van der Waals surface area contributed by atoms with Gasteiger partial charge in [-0.3, -0.25) is 14.4 Å². The average molecular weight is 447 g/mol. The highest BCUT2D eigenvalue weighted by Gasteiger charge is 2.43. The quantitative estimate of drug-likeness (QED) is 0.746. The van der Waals surface area contributed by atoms with Gasteiger partial charge in [-0.2, -0.15) is 0 Å². The summed E-state index contributed by atoms with van der Waals surface area (Å²) in [5.74, 6) is -3.50. The predicted octanol–water partition coefficient (Wildman–Crippen LogP) is 1.88. The molecule has 0 aliphatic carbocycles. The zero-order valence-corrected chi connectivity index (χ0v) is 17.7. The van der Waals surface area contributed by atoms with Crippen LogP contribution < -0.4 is 10.7 Å². The van der Waals surface area contributed by atoms with Gasteiger partial charge in [0.25, 0.3) is 11.8 Å². The molecular formula is C22H23F2N3O5. The second kappa shape index (κ2) is 8.34. The molecule has 170 valence electrons. The summed E-state index contributed by atoms with van der Waals surface area (Å²) < 4.78 is 34.8. The van der Waals surface area contributed by atoms with Gasteiger partial charge in [0.2, 0.25) is 5.43 Å². The lowest BCUT2D eigenvalue weighted by Crippen LogP contribution is -2.55. The number of rotatable bonds is 4. The summed E-state index contributed by atoms with van der Waals surface area (Å²) in [6, 6.07) is 1.42. The molecule has 32 heavy (non-hydrogen) atoms. The number of amides is 2. The molecule has 0 unspecified atom stereocenters. The maximum absolute atomic E-state index is 14.1. The fourth-order valence-electron chi connectivity index (χ4n) is 4.35. The molecule has 0 bridgehead atoms. The molecule has 1 saturated heterocycles. The SMILES string of the molecule is CCN1C(=O)c2c(O)c(=O)c(C(=O)NCc3cc(F)c(C)cc3F)cn2[C@H]2CCOC[C@H]21. The molecule has 0 saturated carbocycles. The van der Waals surface area contributed by atoms with E-state index in [1.165, 1.54) is 17.7 Å². The maximum Gasteiger partial charge on any atom is 0.274 e. The van der Waals surface area contributed by atoms with Crippen LogP contribution in [-0.4, -0.2) is 52.2 Å². The first-order chi connectivity index (χ1) is 15.2. The number of likely N-dealkylation sites (N-methyl/N-ethyl adjacent to an activating group) is 1. The lowest BCUT2D eigenvalue weighted by Gasteiger charge is -2.45. The van der Waals surface area contributed by atoms with Gasteiger partial charge in [0.1, 0.15) is 17.2 Å². The second-order valence-electron chi connectivity index (χ2n) is 7.94. The normalized spacial score (nSPS) is 20.0. The number of nitrogens with zero attached hydrogens (tertiary/aromatic N) is 2. The molecule has 2 atom stereocenters. The first-order valence-corrected chi connectivity index (χ1v) is 10.3. The number of nitrogens with one attached hydrogen (secondary N) is 1. The third-order valence-corrected chi connectivity index (χ3v) is 6.07. The van der Waals surface area contributed by atoms with Gasteiger partial charge in [-0.1, -0.05) is 0 Å². The molecule has 2 aromatic rings. The highest BCUT2D eigenvalue weighted by atomic mass is 19.1. The van der Waals surface area contributed by atoms with E-state index < -0.39 is 34.6 Å². The summed E-state index contributed by atoms with van der Waals surface area (Å²) in [5, 5.41) is 12.9. The smallest absolute Gasteiger partial charge is 0.274 e. The van der Waals surface area contributed by atoms with Crippen LogP contribution in [0, 0.1) is 18.6 Å². The molecule has 4 rings (SSSR count). The Morgan fingerprint density at radius 3 is 2.72 bits per heavy atom.